The van der Waals surface area contributed by atoms with Crippen molar-refractivity contribution in [2.45, 2.75) is 58.2 Å². The lowest BCUT2D eigenvalue weighted by Crippen LogP contribution is -2.48. The highest BCUT2D eigenvalue weighted by Gasteiger charge is 2.32. The van der Waals surface area contributed by atoms with Crippen LogP contribution in [-0.2, 0) is 32.2 Å². The molecule has 1 aromatic heterocycles. The van der Waals surface area contributed by atoms with Crippen LogP contribution in [0.25, 0.3) is 0 Å². The number of likely N-dealkylation sites (tertiary alicyclic amines) is 1. The Kier molecular flexibility index (Phi) is 7.72. The summed E-state index contributed by atoms with van der Waals surface area (Å²) < 4.78 is 12.3. The van der Waals surface area contributed by atoms with Gasteiger partial charge in [0.2, 0.25) is 5.91 Å². The van der Waals surface area contributed by atoms with Gasteiger partial charge in [0.15, 0.2) is 5.82 Å². The third kappa shape index (κ3) is 5.48. The van der Waals surface area contributed by atoms with Gasteiger partial charge in [-0.2, -0.15) is 0 Å². The summed E-state index contributed by atoms with van der Waals surface area (Å²) in [6, 6.07) is -0.439. The molecule has 1 aromatic rings. The Bertz CT molecular complexity index is 646. The SMILES string of the molecule is CCOC(=O)C1CCCCN1C(=O)CCCn1nnnc1CN1CCOCC1. The summed E-state index contributed by atoms with van der Waals surface area (Å²) in [7, 11) is 0. The Morgan fingerprint density at radius 1 is 1.21 bits per heavy atom. The number of ether oxygens (including phenoxy) is 2. The standard InChI is InChI=1S/C18H30N6O4/c1-2-28-18(26)15-6-3-4-8-23(15)17(25)7-5-9-24-16(19-20-21-24)14-22-10-12-27-13-11-22/h15H,2-14H2,1H3. The molecule has 0 N–H and O–H groups in total. The van der Waals surface area contributed by atoms with Gasteiger partial charge in [0.25, 0.3) is 0 Å². The molecule has 2 aliphatic heterocycles. The molecule has 10 nitrogen and oxygen atoms in total. The Labute approximate surface area is 165 Å². The fourth-order valence-corrected chi connectivity index (χ4v) is 3.71. The molecule has 1 atom stereocenters. The first-order valence-electron chi connectivity index (χ1n) is 10.2. The molecule has 28 heavy (non-hydrogen) atoms. The zero-order valence-corrected chi connectivity index (χ0v) is 16.6. The van der Waals surface area contributed by atoms with E-state index < -0.39 is 6.04 Å². The number of esters is 1. The number of hydrogen-bond acceptors (Lipinski definition) is 8. The topological polar surface area (TPSA) is 103 Å². The van der Waals surface area contributed by atoms with Gasteiger partial charge in [-0.05, 0) is 43.0 Å². The van der Waals surface area contributed by atoms with E-state index in [2.05, 4.69) is 20.4 Å². The molecule has 0 spiro atoms. The fourth-order valence-electron chi connectivity index (χ4n) is 3.71. The number of nitrogens with zero attached hydrogens (tertiary/aromatic N) is 6. The maximum atomic E-state index is 12.7. The second-order valence-electron chi connectivity index (χ2n) is 7.16. The predicted molar refractivity (Wildman–Crippen MR) is 99.1 cm³/mol. The molecule has 0 radical (unpaired) electrons. The van der Waals surface area contributed by atoms with Crippen molar-refractivity contribution in [2.75, 3.05) is 39.5 Å². The summed E-state index contributed by atoms with van der Waals surface area (Å²) in [5, 5.41) is 12.0. The van der Waals surface area contributed by atoms with Gasteiger partial charge < -0.3 is 14.4 Å². The summed E-state index contributed by atoms with van der Waals surface area (Å²) in [5.41, 5.74) is 0. The fraction of sp³-hybridized carbons (Fsp3) is 0.833. The number of tetrazole rings is 1. The summed E-state index contributed by atoms with van der Waals surface area (Å²) in [4.78, 5) is 28.8. The summed E-state index contributed by atoms with van der Waals surface area (Å²) in [6.07, 6.45) is 3.56. The first-order chi connectivity index (χ1) is 13.7. The predicted octanol–water partition coefficient (Wildman–Crippen LogP) is 0.230. The van der Waals surface area contributed by atoms with E-state index in [0.717, 1.165) is 45.0 Å². The van der Waals surface area contributed by atoms with E-state index in [9.17, 15) is 9.59 Å². The lowest BCUT2D eigenvalue weighted by molar-refractivity contribution is -0.156. The van der Waals surface area contributed by atoms with Gasteiger partial charge in [0.05, 0.1) is 26.4 Å². The largest absolute Gasteiger partial charge is 0.464 e. The zero-order chi connectivity index (χ0) is 19.8. The monoisotopic (exact) mass is 394 g/mol. The van der Waals surface area contributed by atoms with Crippen molar-refractivity contribution in [1.29, 1.82) is 0 Å². The molecule has 2 fully saturated rings. The molecule has 0 saturated carbocycles. The molecular weight excluding hydrogens is 364 g/mol. The van der Waals surface area contributed by atoms with Crippen LogP contribution in [0.3, 0.4) is 0 Å². The smallest absolute Gasteiger partial charge is 0.328 e. The van der Waals surface area contributed by atoms with Gasteiger partial charge in [-0.3, -0.25) is 9.69 Å². The van der Waals surface area contributed by atoms with Crippen molar-refractivity contribution < 1.29 is 19.1 Å². The molecule has 0 aromatic carbocycles. The maximum absolute atomic E-state index is 12.7. The summed E-state index contributed by atoms with van der Waals surface area (Å²) in [6.45, 7) is 7.20. The van der Waals surface area contributed by atoms with Gasteiger partial charge in [0, 0.05) is 32.6 Å². The average molecular weight is 394 g/mol. The van der Waals surface area contributed by atoms with Crippen LogP contribution < -0.4 is 0 Å². The molecule has 0 bridgehead atoms. The van der Waals surface area contributed by atoms with E-state index in [1.165, 1.54) is 0 Å². The van der Waals surface area contributed by atoms with Crippen LogP contribution in [-0.4, -0.2) is 87.4 Å². The molecule has 2 aliphatic rings. The first-order valence-corrected chi connectivity index (χ1v) is 10.2. The van der Waals surface area contributed by atoms with Crippen LogP contribution in [0.4, 0.5) is 0 Å². The van der Waals surface area contributed by atoms with Gasteiger partial charge >= 0.3 is 5.97 Å². The molecular formula is C18H30N6O4. The Morgan fingerprint density at radius 2 is 2.04 bits per heavy atom. The Morgan fingerprint density at radius 3 is 2.82 bits per heavy atom. The van der Waals surface area contributed by atoms with Crippen molar-refractivity contribution in [2.24, 2.45) is 0 Å². The normalized spacial score (nSPS) is 20.9. The van der Waals surface area contributed by atoms with Crippen LogP contribution >= 0.6 is 0 Å². The van der Waals surface area contributed by atoms with Crippen molar-refractivity contribution in [3.63, 3.8) is 0 Å². The number of morpholine rings is 1. The van der Waals surface area contributed by atoms with E-state index in [1.54, 1.807) is 16.5 Å². The Balaban J connectivity index is 1.48. The number of amides is 1. The quantitative estimate of drug-likeness (QED) is 0.578. The van der Waals surface area contributed by atoms with Crippen LogP contribution in [0, 0.1) is 0 Å². The lowest BCUT2D eigenvalue weighted by atomic mass is 10.0. The van der Waals surface area contributed by atoms with E-state index in [0.29, 0.717) is 45.5 Å². The van der Waals surface area contributed by atoms with Crippen LogP contribution in [0.2, 0.25) is 0 Å². The zero-order valence-electron chi connectivity index (χ0n) is 16.6. The van der Waals surface area contributed by atoms with Crippen molar-refractivity contribution >= 4 is 11.9 Å². The van der Waals surface area contributed by atoms with E-state index in [4.69, 9.17) is 9.47 Å². The van der Waals surface area contributed by atoms with E-state index in [1.807, 2.05) is 0 Å². The molecule has 3 rings (SSSR count). The minimum absolute atomic E-state index is 0.000516. The lowest BCUT2D eigenvalue weighted by Gasteiger charge is -2.34. The minimum Gasteiger partial charge on any atom is -0.464 e. The van der Waals surface area contributed by atoms with Crippen LogP contribution in [0.5, 0.6) is 0 Å². The van der Waals surface area contributed by atoms with Gasteiger partial charge in [-0.15, -0.1) is 5.10 Å². The molecule has 0 aliphatic carbocycles. The molecule has 1 unspecified atom stereocenters. The third-order valence-corrected chi connectivity index (χ3v) is 5.22. The number of hydrogen-bond donors (Lipinski definition) is 0. The molecule has 10 heteroatoms. The highest BCUT2D eigenvalue weighted by molar-refractivity contribution is 5.84. The van der Waals surface area contributed by atoms with E-state index in [-0.39, 0.29) is 11.9 Å². The van der Waals surface area contributed by atoms with Gasteiger partial charge in [-0.25, -0.2) is 9.48 Å². The number of carbonyl (C=O) groups excluding carboxylic acids is 2. The van der Waals surface area contributed by atoms with E-state index >= 15 is 0 Å². The van der Waals surface area contributed by atoms with Gasteiger partial charge in [0.1, 0.15) is 6.04 Å². The number of rotatable bonds is 8. The highest BCUT2D eigenvalue weighted by atomic mass is 16.5. The third-order valence-electron chi connectivity index (χ3n) is 5.22. The molecule has 3 heterocycles. The minimum atomic E-state index is -0.439. The average Bonchev–Trinajstić information content (AvgIpc) is 3.15. The molecule has 1 amide bonds. The number of aryl methyl sites for hydroxylation is 1. The van der Waals surface area contributed by atoms with Crippen molar-refractivity contribution in [3.8, 4) is 0 Å². The Hall–Kier alpha value is -2.07. The first kappa shape index (κ1) is 20.7. The van der Waals surface area contributed by atoms with Crippen LogP contribution in [0.1, 0.15) is 44.9 Å². The van der Waals surface area contributed by atoms with Crippen molar-refractivity contribution in [3.05, 3.63) is 5.82 Å². The summed E-state index contributed by atoms with van der Waals surface area (Å²) in [5.74, 6) is 0.515. The maximum Gasteiger partial charge on any atom is 0.328 e. The summed E-state index contributed by atoms with van der Waals surface area (Å²) >= 11 is 0. The number of aromatic nitrogens is 4. The second kappa shape index (κ2) is 10.5. The second-order valence-corrected chi connectivity index (χ2v) is 7.16. The molecule has 156 valence electrons. The van der Waals surface area contributed by atoms with Crippen molar-refractivity contribution in [1.82, 2.24) is 30.0 Å². The number of piperidine rings is 1. The highest BCUT2D eigenvalue weighted by Crippen LogP contribution is 2.20. The number of carbonyl (C=O) groups is 2. The molecule has 2 saturated heterocycles. The van der Waals surface area contributed by atoms with Crippen LogP contribution in [0.15, 0.2) is 0 Å². The van der Waals surface area contributed by atoms with Gasteiger partial charge in [-0.1, -0.05) is 0 Å².